The first kappa shape index (κ1) is 23.9. The van der Waals surface area contributed by atoms with Gasteiger partial charge < -0.3 is 15.0 Å². The third-order valence-electron chi connectivity index (χ3n) is 5.49. The Morgan fingerprint density at radius 2 is 1.78 bits per heavy atom. The van der Waals surface area contributed by atoms with Gasteiger partial charge in [0.25, 0.3) is 11.8 Å². The minimum Gasteiger partial charge on any atom is -0.375 e. The molecule has 1 aliphatic rings. The molecule has 0 aliphatic carbocycles. The highest BCUT2D eigenvalue weighted by atomic mass is 32.2. The van der Waals surface area contributed by atoms with Crippen LogP contribution in [-0.2, 0) is 26.0 Å². The molecule has 0 spiro atoms. The van der Waals surface area contributed by atoms with Crippen LogP contribution in [0.15, 0.2) is 47.4 Å². The number of amides is 2. The average Bonchev–Trinajstić information content (AvgIpc) is 2.79. The van der Waals surface area contributed by atoms with E-state index in [-0.39, 0.29) is 23.3 Å². The van der Waals surface area contributed by atoms with E-state index in [4.69, 9.17) is 4.74 Å². The van der Waals surface area contributed by atoms with Gasteiger partial charge in [-0.25, -0.2) is 8.42 Å². The Labute approximate surface area is 189 Å². The fraction of sp³-hybridized carbons (Fsp3) is 0.391. The third kappa shape index (κ3) is 5.01. The van der Waals surface area contributed by atoms with Gasteiger partial charge in [-0.3, -0.25) is 9.59 Å². The molecule has 1 N–H and O–H groups in total. The van der Waals surface area contributed by atoms with Crippen molar-refractivity contribution in [1.29, 1.82) is 0 Å². The molecule has 0 aromatic heterocycles. The van der Waals surface area contributed by atoms with Crippen LogP contribution in [0.2, 0.25) is 0 Å². The van der Waals surface area contributed by atoms with E-state index in [2.05, 4.69) is 5.32 Å². The van der Waals surface area contributed by atoms with E-state index < -0.39 is 10.0 Å². The first-order valence-electron chi connectivity index (χ1n) is 10.7. The number of carbonyl (C=O) groups is 2. The molecule has 0 fully saturated rings. The van der Waals surface area contributed by atoms with Gasteiger partial charge in [0.2, 0.25) is 10.0 Å². The van der Waals surface area contributed by atoms with Gasteiger partial charge >= 0.3 is 0 Å². The second kappa shape index (κ2) is 10.2. The minimum atomic E-state index is -3.58. The van der Waals surface area contributed by atoms with Crippen molar-refractivity contribution in [1.82, 2.24) is 4.31 Å². The summed E-state index contributed by atoms with van der Waals surface area (Å²) in [7, 11) is -2.09. The molecule has 0 radical (unpaired) electrons. The highest BCUT2D eigenvalue weighted by molar-refractivity contribution is 7.89. The molecule has 3 rings (SSSR count). The van der Waals surface area contributed by atoms with Crippen LogP contribution in [0, 0.1) is 0 Å². The van der Waals surface area contributed by atoms with Crippen LogP contribution in [0.3, 0.4) is 0 Å². The second-order valence-corrected chi connectivity index (χ2v) is 9.43. The zero-order valence-corrected chi connectivity index (χ0v) is 19.4. The minimum absolute atomic E-state index is 0.00122. The second-order valence-electron chi connectivity index (χ2n) is 7.49. The summed E-state index contributed by atoms with van der Waals surface area (Å²) in [6, 6.07) is 11.4. The molecule has 9 heteroatoms. The number of methoxy groups -OCH3 is 1. The molecule has 1 aliphatic heterocycles. The highest BCUT2D eigenvalue weighted by Crippen LogP contribution is 2.30. The Morgan fingerprint density at radius 3 is 2.41 bits per heavy atom. The van der Waals surface area contributed by atoms with Gasteiger partial charge in [-0.15, -0.1) is 0 Å². The van der Waals surface area contributed by atoms with E-state index in [9.17, 15) is 18.0 Å². The van der Waals surface area contributed by atoms with Crippen LogP contribution in [0.25, 0.3) is 0 Å². The standard InChI is InChI=1S/C23H29N3O5S/c1-4-25(5-2)32(29,30)20-12-9-18(10-13-20)23(28)24-19-11-8-17-7-6-14-26(21(17)15-19)22(27)16-31-3/h8-13,15H,4-7,14,16H2,1-3H3,(H,24,28). The third-order valence-corrected chi connectivity index (χ3v) is 7.55. The first-order valence-corrected chi connectivity index (χ1v) is 12.1. The number of nitrogens with one attached hydrogen (secondary N) is 1. The molecule has 2 amide bonds. The Kier molecular flexibility index (Phi) is 7.65. The maximum absolute atomic E-state index is 12.7. The molecule has 0 bridgehead atoms. The smallest absolute Gasteiger partial charge is 0.255 e. The van der Waals surface area contributed by atoms with Gasteiger partial charge in [0.05, 0.1) is 4.90 Å². The first-order chi connectivity index (χ1) is 15.3. The lowest BCUT2D eigenvalue weighted by atomic mass is 10.0. The Hall–Kier alpha value is -2.75. The summed E-state index contributed by atoms with van der Waals surface area (Å²) in [5.41, 5.74) is 2.72. The number of rotatable bonds is 8. The topological polar surface area (TPSA) is 96.0 Å². The molecule has 172 valence electrons. The molecular weight excluding hydrogens is 430 g/mol. The summed E-state index contributed by atoms with van der Waals surface area (Å²) < 4.78 is 31.6. The monoisotopic (exact) mass is 459 g/mol. The van der Waals surface area contributed by atoms with Gasteiger partial charge in [-0.2, -0.15) is 4.31 Å². The van der Waals surface area contributed by atoms with Crippen LogP contribution < -0.4 is 10.2 Å². The summed E-state index contributed by atoms with van der Waals surface area (Å²) in [5.74, 6) is -0.482. The lowest BCUT2D eigenvalue weighted by Gasteiger charge is -2.30. The summed E-state index contributed by atoms with van der Waals surface area (Å²) in [6.07, 6.45) is 1.74. The molecule has 2 aromatic carbocycles. The summed E-state index contributed by atoms with van der Waals surface area (Å²) >= 11 is 0. The van der Waals surface area contributed by atoms with Crippen molar-refractivity contribution in [2.45, 2.75) is 31.6 Å². The quantitative estimate of drug-likeness (QED) is 0.655. The maximum Gasteiger partial charge on any atom is 0.255 e. The molecule has 2 aromatic rings. The number of hydrogen-bond acceptors (Lipinski definition) is 5. The molecule has 0 atom stereocenters. The molecule has 0 saturated carbocycles. The van der Waals surface area contributed by atoms with Crippen LogP contribution in [-0.4, -0.2) is 57.9 Å². The van der Waals surface area contributed by atoms with Crippen molar-refractivity contribution < 1.29 is 22.7 Å². The predicted molar refractivity (Wildman–Crippen MR) is 123 cm³/mol. The zero-order valence-electron chi connectivity index (χ0n) is 18.6. The van der Waals surface area contributed by atoms with E-state index in [0.717, 1.165) is 24.1 Å². The fourth-order valence-corrected chi connectivity index (χ4v) is 5.26. The Balaban J connectivity index is 1.78. The van der Waals surface area contributed by atoms with Crippen LogP contribution in [0.5, 0.6) is 0 Å². The molecule has 1 heterocycles. The van der Waals surface area contributed by atoms with E-state index in [1.807, 2.05) is 6.07 Å². The van der Waals surface area contributed by atoms with E-state index in [1.165, 1.54) is 35.7 Å². The zero-order chi connectivity index (χ0) is 23.3. The number of fused-ring (bicyclic) bond motifs is 1. The predicted octanol–water partition coefficient (Wildman–Crippen LogP) is 2.90. The molecular formula is C23H29N3O5S. The fourth-order valence-electron chi connectivity index (χ4n) is 3.81. The van der Waals surface area contributed by atoms with Crippen molar-refractivity contribution in [2.24, 2.45) is 0 Å². The van der Waals surface area contributed by atoms with Gasteiger partial charge in [0.1, 0.15) is 6.61 Å². The number of nitrogens with zero attached hydrogens (tertiary/aromatic N) is 2. The number of sulfonamides is 1. The van der Waals surface area contributed by atoms with Crippen molar-refractivity contribution in [3.63, 3.8) is 0 Å². The lowest BCUT2D eigenvalue weighted by Crippen LogP contribution is -2.37. The largest absolute Gasteiger partial charge is 0.375 e. The van der Waals surface area contributed by atoms with Gasteiger partial charge in [0, 0.05) is 43.7 Å². The summed E-state index contributed by atoms with van der Waals surface area (Å²) in [5, 5.41) is 2.84. The Bertz CT molecular complexity index is 1080. The lowest BCUT2D eigenvalue weighted by molar-refractivity contribution is -0.122. The van der Waals surface area contributed by atoms with Gasteiger partial charge in [-0.1, -0.05) is 19.9 Å². The molecule has 32 heavy (non-hydrogen) atoms. The van der Waals surface area contributed by atoms with Gasteiger partial charge in [-0.05, 0) is 54.8 Å². The molecule has 8 nitrogen and oxygen atoms in total. The van der Waals surface area contributed by atoms with E-state index in [0.29, 0.717) is 30.9 Å². The summed E-state index contributed by atoms with van der Waals surface area (Å²) in [4.78, 5) is 27.0. The van der Waals surface area contributed by atoms with Crippen LogP contribution in [0.1, 0.15) is 36.2 Å². The normalized spacial score (nSPS) is 13.7. The molecule has 0 saturated heterocycles. The number of hydrogen-bond donors (Lipinski definition) is 1. The number of aryl methyl sites for hydroxylation is 1. The van der Waals surface area contributed by atoms with Crippen molar-refractivity contribution in [2.75, 3.05) is 43.6 Å². The van der Waals surface area contributed by atoms with Crippen molar-refractivity contribution in [3.05, 3.63) is 53.6 Å². The molecule has 0 unspecified atom stereocenters. The van der Waals surface area contributed by atoms with E-state index >= 15 is 0 Å². The number of ether oxygens (including phenoxy) is 1. The maximum atomic E-state index is 12.7. The van der Waals surface area contributed by atoms with Gasteiger partial charge in [0.15, 0.2) is 0 Å². The highest BCUT2D eigenvalue weighted by Gasteiger charge is 2.24. The van der Waals surface area contributed by atoms with Crippen LogP contribution in [0.4, 0.5) is 11.4 Å². The van der Waals surface area contributed by atoms with Crippen LogP contribution >= 0.6 is 0 Å². The Morgan fingerprint density at radius 1 is 1.09 bits per heavy atom. The van der Waals surface area contributed by atoms with Crippen molar-refractivity contribution in [3.8, 4) is 0 Å². The van der Waals surface area contributed by atoms with E-state index in [1.54, 1.807) is 30.9 Å². The number of benzene rings is 2. The SMILES string of the molecule is CCN(CC)S(=O)(=O)c1ccc(C(=O)Nc2ccc3c(c2)N(C(=O)COC)CCC3)cc1. The number of anilines is 2. The van der Waals surface area contributed by atoms with Crippen molar-refractivity contribution >= 4 is 33.2 Å². The average molecular weight is 460 g/mol. The number of carbonyl (C=O) groups excluding carboxylic acids is 2. The summed E-state index contributed by atoms with van der Waals surface area (Å²) in [6.45, 7) is 4.93.